The molecular formula is C8H9FN2O2. The van der Waals surface area contributed by atoms with Gasteiger partial charge in [0, 0.05) is 12.7 Å². The van der Waals surface area contributed by atoms with Gasteiger partial charge in [0.2, 0.25) is 0 Å². The van der Waals surface area contributed by atoms with Gasteiger partial charge in [0.1, 0.15) is 5.82 Å². The molecule has 0 fully saturated rings. The molecule has 0 spiro atoms. The molecule has 0 saturated carbocycles. The van der Waals surface area contributed by atoms with Crippen molar-refractivity contribution < 1.29 is 14.3 Å². The number of rotatable bonds is 1. The zero-order valence-electron chi connectivity index (χ0n) is 6.99. The Hall–Kier alpha value is -1.78. The molecule has 1 aromatic rings. The van der Waals surface area contributed by atoms with E-state index in [2.05, 4.69) is 0 Å². The zero-order valence-corrected chi connectivity index (χ0v) is 6.99. The zero-order chi connectivity index (χ0) is 10.0. The third-order valence-corrected chi connectivity index (χ3v) is 1.62. The maximum Gasteiger partial charge on any atom is 0.411 e. The molecule has 1 amide bonds. The Morgan fingerprint density at radius 1 is 1.62 bits per heavy atom. The predicted molar refractivity (Wildman–Crippen MR) is 47.2 cm³/mol. The summed E-state index contributed by atoms with van der Waals surface area (Å²) < 4.78 is 13.0. The standard InChI is InChI=1S/C8H9FN2O2/c1-11(8(12)13)7-4-5(10)2-3-6(7)9/h2-4H,10H2,1H3,(H,12,13). The third-order valence-electron chi connectivity index (χ3n) is 1.62. The van der Waals surface area contributed by atoms with Crippen molar-refractivity contribution >= 4 is 17.5 Å². The molecule has 5 heteroatoms. The Labute approximate surface area is 74.4 Å². The van der Waals surface area contributed by atoms with E-state index in [4.69, 9.17) is 10.8 Å². The highest BCUT2D eigenvalue weighted by molar-refractivity contribution is 5.86. The van der Waals surface area contributed by atoms with Crippen LogP contribution in [0.15, 0.2) is 18.2 Å². The van der Waals surface area contributed by atoms with E-state index in [0.717, 1.165) is 11.0 Å². The number of benzene rings is 1. The van der Waals surface area contributed by atoms with Crippen LogP contribution in [0.2, 0.25) is 0 Å². The molecule has 0 aliphatic heterocycles. The van der Waals surface area contributed by atoms with Gasteiger partial charge in [-0.3, -0.25) is 4.90 Å². The van der Waals surface area contributed by atoms with Crippen molar-refractivity contribution in [2.45, 2.75) is 0 Å². The molecular weight excluding hydrogens is 175 g/mol. The first-order valence-corrected chi connectivity index (χ1v) is 3.54. The summed E-state index contributed by atoms with van der Waals surface area (Å²) in [6.07, 6.45) is -1.23. The van der Waals surface area contributed by atoms with Gasteiger partial charge in [0.05, 0.1) is 5.69 Å². The number of nitrogens with zero attached hydrogens (tertiary/aromatic N) is 1. The lowest BCUT2D eigenvalue weighted by molar-refractivity contribution is 0.203. The highest BCUT2D eigenvalue weighted by Gasteiger charge is 2.12. The van der Waals surface area contributed by atoms with Crippen LogP contribution in [0.1, 0.15) is 0 Å². The van der Waals surface area contributed by atoms with Crippen LogP contribution >= 0.6 is 0 Å². The van der Waals surface area contributed by atoms with Crippen LogP contribution in [-0.4, -0.2) is 18.2 Å². The van der Waals surface area contributed by atoms with Gasteiger partial charge >= 0.3 is 6.09 Å². The molecule has 0 aromatic heterocycles. The summed E-state index contributed by atoms with van der Waals surface area (Å²) in [4.78, 5) is 11.3. The van der Waals surface area contributed by atoms with E-state index in [0.29, 0.717) is 5.69 Å². The number of nitrogens with two attached hydrogens (primary N) is 1. The number of nitrogen functional groups attached to an aromatic ring is 1. The molecule has 0 bridgehead atoms. The van der Waals surface area contributed by atoms with Crippen molar-refractivity contribution in [1.82, 2.24) is 0 Å². The Morgan fingerprint density at radius 2 is 2.23 bits per heavy atom. The molecule has 4 nitrogen and oxygen atoms in total. The molecule has 13 heavy (non-hydrogen) atoms. The number of anilines is 2. The van der Waals surface area contributed by atoms with E-state index in [1.807, 2.05) is 0 Å². The number of amides is 1. The number of hydrogen-bond acceptors (Lipinski definition) is 2. The molecule has 0 aliphatic carbocycles. The summed E-state index contributed by atoms with van der Waals surface area (Å²) in [6.45, 7) is 0. The maximum absolute atomic E-state index is 13.0. The smallest absolute Gasteiger partial charge is 0.411 e. The largest absolute Gasteiger partial charge is 0.465 e. The van der Waals surface area contributed by atoms with Gasteiger partial charge in [0.25, 0.3) is 0 Å². The first-order chi connectivity index (χ1) is 6.02. The van der Waals surface area contributed by atoms with Gasteiger partial charge in [-0.15, -0.1) is 0 Å². The van der Waals surface area contributed by atoms with Gasteiger partial charge in [-0.05, 0) is 18.2 Å². The number of halogens is 1. The molecule has 3 N–H and O–H groups in total. The van der Waals surface area contributed by atoms with Crippen molar-refractivity contribution in [2.75, 3.05) is 17.7 Å². The van der Waals surface area contributed by atoms with Crippen molar-refractivity contribution in [2.24, 2.45) is 0 Å². The lowest BCUT2D eigenvalue weighted by Gasteiger charge is -2.13. The van der Waals surface area contributed by atoms with Gasteiger partial charge in [-0.1, -0.05) is 0 Å². The Balaban J connectivity index is 3.12. The van der Waals surface area contributed by atoms with Crippen LogP contribution in [0, 0.1) is 5.82 Å². The predicted octanol–water partition coefficient (Wildman–Crippen LogP) is 1.52. The molecule has 1 rings (SSSR count). The van der Waals surface area contributed by atoms with Gasteiger partial charge in [-0.25, -0.2) is 9.18 Å². The molecule has 0 unspecified atom stereocenters. The van der Waals surface area contributed by atoms with E-state index in [1.54, 1.807) is 0 Å². The second-order valence-electron chi connectivity index (χ2n) is 2.55. The quantitative estimate of drug-likeness (QED) is 0.650. The highest BCUT2D eigenvalue weighted by Crippen LogP contribution is 2.20. The van der Waals surface area contributed by atoms with E-state index >= 15 is 0 Å². The minimum absolute atomic E-state index is 0.0486. The minimum atomic E-state index is -1.23. The molecule has 0 saturated heterocycles. The third kappa shape index (κ3) is 1.87. The van der Waals surface area contributed by atoms with Crippen molar-refractivity contribution in [1.29, 1.82) is 0 Å². The summed E-state index contributed by atoms with van der Waals surface area (Å²) in [5.41, 5.74) is 5.65. The first-order valence-electron chi connectivity index (χ1n) is 3.54. The average Bonchev–Trinajstić information content (AvgIpc) is 2.08. The Kier molecular flexibility index (Phi) is 2.36. The monoisotopic (exact) mass is 184 g/mol. The molecule has 0 aliphatic rings. The highest BCUT2D eigenvalue weighted by atomic mass is 19.1. The SMILES string of the molecule is CN(C(=O)O)c1cc(N)ccc1F. The molecule has 0 radical (unpaired) electrons. The summed E-state index contributed by atoms with van der Waals surface area (Å²) >= 11 is 0. The van der Waals surface area contributed by atoms with Crippen LogP contribution < -0.4 is 10.6 Å². The van der Waals surface area contributed by atoms with Gasteiger partial charge in [-0.2, -0.15) is 0 Å². The summed E-state index contributed by atoms with van der Waals surface area (Å²) in [5, 5.41) is 8.57. The Morgan fingerprint density at radius 3 is 2.77 bits per heavy atom. The fourth-order valence-electron chi connectivity index (χ4n) is 0.890. The Bertz CT molecular complexity index is 341. The second kappa shape index (κ2) is 3.30. The number of carbonyl (C=O) groups is 1. The van der Waals surface area contributed by atoms with Crippen molar-refractivity contribution in [3.8, 4) is 0 Å². The summed E-state index contributed by atoms with van der Waals surface area (Å²) in [7, 11) is 1.25. The van der Waals surface area contributed by atoms with Crippen molar-refractivity contribution in [3.05, 3.63) is 24.0 Å². The lowest BCUT2D eigenvalue weighted by atomic mass is 10.2. The summed E-state index contributed by atoms with van der Waals surface area (Å²) in [6, 6.07) is 3.77. The molecule has 0 atom stereocenters. The second-order valence-corrected chi connectivity index (χ2v) is 2.55. The normalized spacial score (nSPS) is 9.69. The maximum atomic E-state index is 13.0. The van der Waals surface area contributed by atoms with Gasteiger partial charge < -0.3 is 10.8 Å². The molecule has 0 heterocycles. The van der Waals surface area contributed by atoms with Gasteiger partial charge in [0.15, 0.2) is 0 Å². The number of carboxylic acid groups (broad SMARTS) is 1. The van der Waals surface area contributed by atoms with E-state index in [-0.39, 0.29) is 5.69 Å². The van der Waals surface area contributed by atoms with Crippen LogP contribution in [0.5, 0.6) is 0 Å². The fraction of sp³-hybridized carbons (Fsp3) is 0.125. The van der Waals surface area contributed by atoms with Crippen LogP contribution in [-0.2, 0) is 0 Å². The summed E-state index contributed by atoms with van der Waals surface area (Å²) in [5.74, 6) is -0.612. The van der Waals surface area contributed by atoms with E-state index in [9.17, 15) is 9.18 Å². The fourth-order valence-corrected chi connectivity index (χ4v) is 0.890. The minimum Gasteiger partial charge on any atom is -0.465 e. The van der Waals surface area contributed by atoms with Crippen LogP contribution in [0.4, 0.5) is 20.6 Å². The molecule has 70 valence electrons. The van der Waals surface area contributed by atoms with E-state index in [1.165, 1.54) is 19.2 Å². The average molecular weight is 184 g/mol. The van der Waals surface area contributed by atoms with Crippen LogP contribution in [0.25, 0.3) is 0 Å². The number of hydrogen-bond donors (Lipinski definition) is 2. The molecule has 1 aromatic carbocycles. The lowest BCUT2D eigenvalue weighted by Crippen LogP contribution is -2.24. The topological polar surface area (TPSA) is 66.6 Å². The van der Waals surface area contributed by atoms with Crippen LogP contribution in [0.3, 0.4) is 0 Å². The first kappa shape index (κ1) is 9.31. The van der Waals surface area contributed by atoms with E-state index < -0.39 is 11.9 Å². The van der Waals surface area contributed by atoms with Crippen molar-refractivity contribution in [3.63, 3.8) is 0 Å².